The molecule has 264 valence electrons. The summed E-state index contributed by atoms with van der Waals surface area (Å²) in [5.74, 6) is -1.69. The van der Waals surface area contributed by atoms with Crippen LogP contribution in [0.2, 0.25) is 0 Å². The number of nitrogens with zero attached hydrogens (tertiary/aromatic N) is 4. The number of hydrogen-bond donors (Lipinski definition) is 1. The van der Waals surface area contributed by atoms with Crippen LogP contribution in [0.4, 0.5) is 46.0 Å². The van der Waals surface area contributed by atoms with Gasteiger partial charge in [0.1, 0.15) is 5.82 Å². The van der Waals surface area contributed by atoms with E-state index in [1.165, 1.54) is 41.1 Å². The average molecular weight is 689 g/mol. The standard InChI is InChI=1S/C33H39F7N4O4/c1-31(2,3)44(30(47)48)24-12-8-20(9-13-24)28(45)43-17-26(19-6-10-23(34)11-7-19)27(18-43)42(5)29(46)41(4)25-15-21(32(35,36)37)14-22(16-25)33(38,39)40/h6-7,10-11,14-16,20,24,26-27H,8-9,12-13,17-18H2,1-5H3,(H,47,48)/t20-,24-,26-,27+/m0/s1. The maximum atomic E-state index is 13.8. The molecule has 1 heterocycles. The molecule has 2 aromatic carbocycles. The van der Waals surface area contributed by atoms with Crippen molar-refractivity contribution in [3.8, 4) is 0 Å². The SMILES string of the molecule is CN(C(=O)N(C)[C@@H]1CN(C(=O)[C@H]2CC[C@H](N(C(=O)O)C(C)(C)C)CC2)C[C@H]1c1ccc(F)cc1)c1cc(C(F)(F)F)cc(C(F)(F)F)c1. The van der Waals surface area contributed by atoms with E-state index in [-0.39, 0.29) is 31.1 Å². The number of amides is 4. The van der Waals surface area contributed by atoms with Crippen LogP contribution in [0.25, 0.3) is 0 Å². The highest BCUT2D eigenvalue weighted by Crippen LogP contribution is 2.40. The largest absolute Gasteiger partial charge is 0.465 e. The van der Waals surface area contributed by atoms with Crippen molar-refractivity contribution in [1.82, 2.24) is 14.7 Å². The van der Waals surface area contributed by atoms with Crippen molar-refractivity contribution in [3.05, 3.63) is 65.0 Å². The summed E-state index contributed by atoms with van der Waals surface area (Å²) in [6.07, 6.45) is -9.45. The fourth-order valence-electron chi connectivity index (χ4n) is 6.85. The Labute approximate surface area is 274 Å². The van der Waals surface area contributed by atoms with Gasteiger partial charge < -0.3 is 19.8 Å². The zero-order chi connectivity index (χ0) is 35.9. The zero-order valence-electron chi connectivity index (χ0n) is 27.2. The number of urea groups is 1. The molecule has 0 unspecified atom stereocenters. The van der Waals surface area contributed by atoms with Gasteiger partial charge in [-0.3, -0.25) is 9.69 Å². The number of carbonyl (C=O) groups is 3. The summed E-state index contributed by atoms with van der Waals surface area (Å²) < 4.78 is 94.9. The van der Waals surface area contributed by atoms with Gasteiger partial charge in [-0.1, -0.05) is 12.1 Å². The Bertz CT molecular complexity index is 1470. The Balaban J connectivity index is 1.58. The first-order chi connectivity index (χ1) is 22.1. The molecule has 0 radical (unpaired) electrons. The van der Waals surface area contributed by atoms with E-state index >= 15 is 0 Å². The van der Waals surface area contributed by atoms with Crippen LogP contribution in [-0.4, -0.2) is 82.6 Å². The first-order valence-corrected chi connectivity index (χ1v) is 15.5. The first-order valence-electron chi connectivity index (χ1n) is 15.5. The zero-order valence-corrected chi connectivity index (χ0v) is 27.2. The topological polar surface area (TPSA) is 84.4 Å². The number of halogens is 7. The highest BCUT2D eigenvalue weighted by molar-refractivity contribution is 5.92. The van der Waals surface area contributed by atoms with Crippen LogP contribution in [0, 0.1) is 11.7 Å². The third-order valence-electron chi connectivity index (χ3n) is 9.28. The molecule has 1 N–H and O–H groups in total. The Kier molecular flexibility index (Phi) is 10.3. The molecule has 15 heteroatoms. The van der Waals surface area contributed by atoms with E-state index in [1.54, 1.807) is 25.7 Å². The number of likely N-dealkylation sites (N-methyl/N-ethyl adjacent to an activating group) is 1. The average Bonchev–Trinajstić information content (AvgIpc) is 3.44. The lowest BCUT2D eigenvalue weighted by atomic mass is 9.83. The van der Waals surface area contributed by atoms with Crippen molar-refractivity contribution in [2.24, 2.45) is 5.92 Å². The molecule has 1 aliphatic heterocycles. The van der Waals surface area contributed by atoms with Crippen LogP contribution >= 0.6 is 0 Å². The first kappa shape index (κ1) is 36.8. The number of rotatable bonds is 5. The summed E-state index contributed by atoms with van der Waals surface area (Å²) in [7, 11) is 2.42. The summed E-state index contributed by atoms with van der Waals surface area (Å²) in [5.41, 5.74) is -3.81. The van der Waals surface area contributed by atoms with E-state index in [0.29, 0.717) is 48.3 Å². The third-order valence-corrected chi connectivity index (χ3v) is 9.28. The Hall–Kier alpha value is -4.04. The second kappa shape index (κ2) is 13.5. The number of hydrogen-bond acceptors (Lipinski definition) is 3. The molecule has 4 rings (SSSR count). The number of likely N-dealkylation sites (tertiary alicyclic amines) is 1. The van der Waals surface area contributed by atoms with Gasteiger partial charge in [0.25, 0.3) is 0 Å². The molecule has 4 amide bonds. The van der Waals surface area contributed by atoms with Crippen LogP contribution < -0.4 is 4.90 Å². The molecule has 2 fully saturated rings. The number of carboxylic acid groups (broad SMARTS) is 1. The summed E-state index contributed by atoms with van der Waals surface area (Å²) in [4.78, 5) is 44.3. The van der Waals surface area contributed by atoms with Crippen molar-refractivity contribution in [1.29, 1.82) is 0 Å². The van der Waals surface area contributed by atoms with Gasteiger partial charge in [-0.2, -0.15) is 26.3 Å². The third kappa shape index (κ3) is 7.97. The molecule has 8 nitrogen and oxygen atoms in total. The minimum atomic E-state index is -5.11. The number of alkyl halides is 6. The van der Waals surface area contributed by atoms with E-state index in [9.17, 15) is 50.2 Å². The molecule has 0 spiro atoms. The Morgan fingerprint density at radius 2 is 1.33 bits per heavy atom. The van der Waals surface area contributed by atoms with Crippen LogP contribution in [-0.2, 0) is 17.1 Å². The van der Waals surface area contributed by atoms with E-state index in [0.717, 1.165) is 7.05 Å². The number of carbonyl (C=O) groups excluding carboxylic acids is 2. The summed E-state index contributed by atoms with van der Waals surface area (Å²) in [6, 6.07) is 4.41. The fraction of sp³-hybridized carbons (Fsp3) is 0.545. The summed E-state index contributed by atoms with van der Waals surface area (Å²) in [5, 5.41) is 9.79. The van der Waals surface area contributed by atoms with Crippen LogP contribution in [0.3, 0.4) is 0 Å². The molecule has 1 saturated heterocycles. The molecule has 2 atom stereocenters. The molecule has 2 aromatic rings. The van der Waals surface area contributed by atoms with E-state index < -0.39 is 70.5 Å². The van der Waals surface area contributed by atoms with Gasteiger partial charge >= 0.3 is 24.5 Å². The highest BCUT2D eigenvalue weighted by atomic mass is 19.4. The number of anilines is 1. The molecule has 2 aliphatic rings. The van der Waals surface area contributed by atoms with Gasteiger partial charge in [-0.05, 0) is 82.3 Å². The van der Waals surface area contributed by atoms with E-state index in [1.807, 2.05) is 0 Å². The lowest BCUT2D eigenvalue weighted by Gasteiger charge is -2.42. The van der Waals surface area contributed by atoms with Crippen molar-refractivity contribution < 1.29 is 50.2 Å². The van der Waals surface area contributed by atoms with Crippen molar-refractivity contribution >= 4 is 23.7 Å². The van der Waals surface area contributed by atoms with Crippen LogP contribution in [0.15, 0.2) is 42.5 Å². The van der Waals surface area contributed by atoms with Crippen LogP contribution in [0.1, 0.15) is 69.1 Å². The van der Waals surface area contributed by atoms with Gasteiger partial charge in [0, 0.05) is 56.3 Å². The molecule has 1 aliphatic carbocycles. The maximum absolute atomic E-state index is 13.8. The number of benzene rings is 2. The van der Waals surface area contributed by atoms with Gasteiger partial charge in [-0.25, -0.2) is 14.0 Å². The minimum absolute atomic E-state index is 0.0104. The van der Waals surface area contributed by atoms with E-state index in [4.69, 9.17) is 0 Å². The van der Waals surface area contributed by atoms with Gasteiger partial charge in [0.15, 0.2) is 0 Å². The minimum Gasteiger partial charge on any atom is -0.465 e. The van der Waals surface area contributed by atoms with Crippen molar-refractivity contribution in [3.63, 3.8) is 0 Å². The van der Waals surface area contributed by atoms with Crippen LogP contribution in [0.5, 0.6) is 0 Å². The molecule has 0 aromatic heterocycles. The monoisotopic (exact) mass is 688 g/mol. The lowest BCUT2D eigenvalue weighted by molar-refractivity contribution is -0.143. The maximum Gasteiger partial charge on any atom is 0.416 e. The summed E-state index contributed by atoms with van der Waals surface area (Å²) >= 11 is 0. The normalized spacial score (nSPS) is 22.0. The van der Waals surface area contributed by atoms with Crippen molar-refractivity contribution in [2.45, 2.75) is 82.3 Å². The van der Waals surface area contributed by atoms with E-state index in [2.05, 4.69) is 0 Å². The molecular formula is C33H39F7N4O4. The quantitative estimate of drug-likeness (QED) is 0.327. The van der Waals surface area contributed by atoms with Crippen molar-refractivity contribution in [2.75, 3.05) is 32.1 Å². The smallest absolute Gasteiger partial charge is 0.416 e. The molecule has 0 bridgehead atoms. The van der Waals surface area contributed by atoms with Gasteiger partial charge in [-0.15, -0.1) is 0 Å². The second-order valence-corrected chi connectivity index (χ2v) is 13.5. The molecule has 48 heavy (non-hydrogen) atoms. The predicted molar refractivity (Wildman–Crippen MR) is 163 cm³/mol. The second-order valence-electron chi connectivity index (χ2n) is 13.5. The van der Waals surface area contributed by atoms with Gasteiger partial charge in [0.05, 0.1) is 17.2 Å². The molecular weight excluding hydrogens is 649 g/mol. The highest BCUT2D eigenvalue weighted by Gasteiger charge is 2.44. The Morgan fingerprint density at radius 3 is 1.79 bits per heavy atom. The molecule has 1 saturated carbocycles. The summed E-state index contributed by atoms with van der Waals surface area (Å²) in [6.45, 7) is 5.54. The van der Waals surface area contributed by atoms with Gasteiger partial charge in [0.2, 0.25) is 5.91 Å². The lowest BCUT2D eigenvalue weighted by Crippen LogP contribution is -2.52. The fourth-order valence-corrected chi connectivity index (χ4v) is 6.85. The predicted octanol–water partition coefficient (Wildman–Crippen LogP) is 7.68. The Morgan fingerprint density at radius 1 is 0.812 bits per heavy atom.